The number of hydrogen-bond donors (Lipinski definition) is 0. The third-order valence-corrected chi connectivity index (χ3v) is 4.61. The Labute approximate surface area is 121 Å². The predicted molar refractivity (Wildman–Crippen MR) is 80.1 cm³/mol. The Morgan fingerprint density at radius 2 is 1.35 bits per heavy atom. The molecule has 0 unspecified atom stereocenters. The second kappa shape index (κ2) is 5.69. The summed E-state index contributed by atoms with van der Waals surface area (Å²) in [5.41, 5.74) is -0.699. The molecule has 0 bridgehead atoms. The van der Waals surface area contributed by atoms with Crippen molar-refractivity contribution in [2.75, 3.05) is 0 Å². The number of rotatable bonds is 3. The van der Waals surface area contributed by atoms with Gasteiger partial charge in [-0.1, -0.05) is 0 Å². The molecular formula is C15H22NO3P. The lowest BCUT2D eigenvalue weighted by atomic mass is 10.2. The maximum atomic E-state index is 13.1. The van der Waals surface area contributed by atoms with Crippen molar-refractivity contribution >= 4 is 12.9 Å². The molecular weight excluding hydrogens is 273 g/mol. The molecule has 0 aliphatic rings. The molecule has 0 aliphatic carbocycles. The Kier molecular flexibility index (Phi) is 4.82. The van der Waals surface area contributed by atoms with E-state index in [-0.39, 0.29) is 0 Å². The van der Waals surface area contributed by atoms with Gasteiger partial charge in [0.25, 0.3) is 0 Å². The maximum Gasteiger partial charge on any atom is 0.362 e. The molecule has 1 aromatic carbocycles. The Morgan fingerprint density at radius 3 is 1.65 bits per heavy atom. The van der Waals surface area contributed by atoms with E-state index in [0.29, 0.717) is 10.9 Å². The molecule has 0 amide bonds. The van der Waals surface area contributed by atoms with Crippen LogP contribution in [0.2, 0.25) is 0 Å². The zero-order valence-electron chi connectivity index (χ0n) is 12.9. The fourth-order valence-electron chi connectivity index (χ4n) is 1.56. The molecule has 0 N–H and O–H groups in total. The van der Waals surface area contributed by atoms with Gasteiger partial charge in [-0.25, -0.2) is 0 Å². The van der Waals surface area contributed by atoms with E-state index in [1.165, 1.54) is 0 Å². The Hall–Kier alpha value is -1.14. The van der Waals surface area contributed by atoms with Gasteiger partial charge in [0.1, 0.15) is 0 Å². The van der Waals surface area contributed by atoms with Crippen LogP contribution in [0.3, 0.4) is 0 Å². The highest BCUT2D eigenvalue weighted by Gasteiger charge is 2.37. The van der Waals surface area contributed by atoms with Crippen LogP contribution in [0, 0.1) is 11.3 Å². The van der Waals surface area contributed by atoms with E-state index in [1.807, 2.05) is 47.6 Å². The number of hydrogen-bond acceptors (Lipinski definition) is 4. The normalized spacial score (nSPS) is 13.1. The van der Waals surface area contributed by atoms with Crippen LogP contribution in [0.25, 0.3) is 0 Å². The summed E-state index contributed by atoms with van der Waals surface area (Å²) in [6.07, 6.45) is 0. The molecule has 1 aromatic rings. The molecule has 0 aromatic heterocycles. The number of nitriles is 1. The van der Waals surface area contributed by atoms with E-state index in [2.05, 4.69) is 0 Å². The monoisotopic (exact) mass is 295 g/mol. The zero-order chi connectivity index (χ0) is 15.6. The average molecular weight is 295 g/mol. The average Bonchev–Trinajstić information content (AvgIpc) is 2.24. The summed E-state index contributed by atoms with van der Waals surface area (Å²) in [6.45, 7) is 11.0. The van der Waals surface area contributed by atoms with E-state index in [0.717, 1.165) is 0 Å². The van der Waals surface area contributed by atoms with Crippen LogP contribution in [0.4, 0.5) is 0 Å². The SMILES string of the molecule is CC(C)(C)OP(=O)(OC(C)(C)C)c1ccc(C#N)cc1. The Balaban J connectivity index is 3.22. The first-order valence-electron chi connectivity index (χ1n) is 6.47. The zero-order valence-corrected chi connectivity index (χ0v) is 13.8. The third kappa shape index (κ3) is 5.09. The van der Waals surface area contributed by atoms with Gasteiger partial charge in [0.05, 0.1) is 28.1 Å². The summed E-state index contributed by atoms with van der Waals surface area (Å²) in [4.78, 5) is 0. The summed E-state index contributed by atoms with van der Waals surface area (Å²) in [5, 5.41) is 9.28. The minimum absolute atomic E-state index is 0.460. The highest BCUT2D eigenvalue weighted by atomic mass is 31.2. The number of nitrogens with zero attached hydrogens (tertiary/aromatic N) is 1. The minimum atomic E-state index is -3.45. The number of benzene rings is 1. The maximum absolute atomic E-state index is 13.1. The second-order valence-electron chi connectivity index (χ2n) is 6.56. The minimum Gasteiger partial charge on any atom is -0.299 e. The summed E-state index contributed by atoms with van der Waals surface area (Å²) in [6, 6.07) is 8.50. The van der Waals surface area contributed by atoms with Gasteiger partial charge in [0.15, 0.2) is 0 Å². The first kappa shape index (κ1) is 16.9. The topological polar surface area (TPSA) is 59.3 Å². The molecule has 20 heavy (non-hydrogen) atoms. The van der Waals surface area contributed by atoms with Crippen molar-refractivity contribution in [3.63, 3.8) is 0 Å². The lowest BCUT2D eigenvalue weighted by Crippen LogP contribution is -2.28. The van der Waals surface area contributed by atoms with Gasteiger partial charge in [-0.3, -0.25) is 13.6 Å². The molecule has 0 spiro atoms. The molecule has 0 aliphatic heterocycles. The first-order valence-corrected chi connectivity index (χ1v) is 8.02. The van der Waals surface area contributed by atoms with Crippen molar-refractivity contribution < 1.29 is 13.6 Å². The molecule has 110 valence electrons. The molecule has 0 fully saturated rings. The highest BCUT2D eigenvalue weighted by Crippen LogP contribution is 2.53. The molecule has 4 nitrogen and oxygen atoms in total. The first-order chi connectivity index (χ1) is 8.95. The molecule has 0 radical (unpaired) electrons. The van der Waals surface area contributed by atoms with Crippen molar-refractivity contribution in [2.24, 2.45) is 0 Å². The van der Waals surface area contributed by atoms with Crippen LogP contribution in [0.5, 0.6) is 0 Å². The molecule has 1 rings (SSSR count). The fourth-order valence-corrected chi connectivity index (χ4v) is 3.77. The van der Waals surface area contributed by atoms with Crippen LogP contribution in [-0.2, 0) is 13.6 Å². The summed E-state index contributed by atoms with van der Waals surface area (Å²) in [5.74, 6) is 0. The van der Waals surface area contributed by atoms with E-state index >= 15 is 0 Å². The van der Waals surface area contributed by atoms with Gasteiger partial charge in [0, 0.05) is 0 Å². The molecule has 0 saturated carbocycles. The van der Waals surface area contributed by atoms with Crippen LogP contribution >= 0.6 is 7.60 Å². The molecule has 0 saturated heterocycles. The summed E-state index contributed by atoms with van der Waals surface area (Å²) >= 11 is 0. The van der Waals surface area contributed by atoms with Gasteiger partial charge in [-0.15, -0.1) is 0 Å². The van der Waals surface area contributed by atoms with Crippen LogP contribution < -0.4 is 5.30 Å². The van der Waals surface area contributed by atoms with Gasteiger partial charge in [0.2, 0.25) is 0 Å². The van der Waals surface area contributed by atoms with Crippen molar-refractivity contribution in [1.29, 1.82) is 5.26 Å². The predicted octanol–water partition coefficient (Wildman–Crippen LogP) is 4.01. The highest BCUT2D eigenvalue weighted by molar-refractivity contribution is 7.62. The van der Waals surface area contributed by atoms with Crippen molar-refractivity contribution in [1.82, 2.24) is 0 Å². The summed E-state index contributed by atoms with van der Waals surface area (Å²) < 4.78 is 24.5. The van der Waals surface area contributed by atoms with Gasteiger partial charge in [-0.05, 0) is 65.8 Å². The van der Waals surface area contributed by atoms with Gasteiger partial charge < -0.3 is 0 Å². The standard InChI is InChI=1S/C15H22NO3P/c1-14(2,3)18-20(17,19-15(4,5)6)13-9-7-12(11-16)8-10-13/h7-10H,1-6H3. The van der Waals surface area contributed by atoms with E-state index in [1.54, 1.807) is 24.3 Å². The van der Waals surface area contributed by atoms with E-state index < -0.39 is 18.8 Å². The van der Waals surface area contributed by atoms with Crippen molar-refractivity contribution in [2.45, 2.75) is 52.7 Å². The largest absolute Gasteiger partial charge is 0.362 e. The Bertz CT molecular complexity index is 524. The molecule has 0 atom stereocenters. The van der Waals surface area contributed by atoms with E-state index in [4.69, 9.17) is 14.3 Å². The van der Waals surface area contributed by atoms with Crippen LogP contribution in [0.1, 0.15) is 47.1 Å². The second-order valence-corrected chi connectivity index (χ2v) is 8.44. The molecule has 5 heteroatoms. The summed E-state index contributed by atoms with van der Waals surface area (Å²) in [7, 11) is -3.45. The lowest BCUT2D eigenvalue weighted by Gasteiger charge is -2.32. The Morgan fingerprint density at radius 1 is 0.950 bits per heavy atom. The van der Waals surface area contributed by atoms with Crippen molar-refractivity contribution in [3.05, 3.63) is 29.8 Å². The fraction of sp³-hybridized carbons (Fsp3) is 0.533. The van der Waals surface area contributed by atoms with E-state index in [9.17, 15) is 4.57 Å². The van der Waals surface area contributed by atoms with Crippen LogP contribution in [0.15, 0.2) is 24.3 Å². The van der Waals surface area contributed by atoms with Gasteiger partial charge in [-0.2, -0.15) is 5.26 Å². The smallest absolute Gasteiger partial charge is 0.299 e. The molecule has 0 heterocycles. The quantitative estimate of drug-likeness (QED) is 0.791. The van der Waals surface area contributed by atoms with Crippen molar-refractivity contribution in [3.8, 4) is 6.07 Å². The van der Waals surface area contributed by atoms with Crippen LogP contribution in [-0.4, -0.2) is 11.2 Å². The lowest BCUT2D eigenvalue weighted by molar-refractivity contribution is 0.0548. The third-order valence-electron chi connectivity index (χ3n) is 2.10. The van der Waals surface area contributed by atoms with Gasteiger partial charge >= 0.3 is 7.60 Å².